The Hall–Kier alpha value is -1.94. The van der Waals surface area contributed by atoms with E-state index in [1.165, 1.54) is 5.56 Å². The summed E-state index contributed by atoms with van der Waals surface area (Å²) < 4.78 is 3.23. The van der Waals surface area contributed by atoms with Gasteiger partial charge in [-0.15, -0.1) is 0 Å². The van der Waals surface area contributed by atoms with Crippen LogP contribution >= 0.6 is 15.9 Å². The van der Waals surface area contributed by atoms with Gasteiger partial charge in [-0.1, -0.05) is 28.1 Å². The van der Waals surface area contributed by atoms with Gasteiger partial charge in [0.15, 0.2) is 0 Å². The maximum Gasteiger partial charge on any atom is 0.140 e. The number of hydrogen-bond donors (Lipinski definition) is 0. The summed E-state index contributed by atoms with van der Waals surface area (Å²) in [7, 11) is 0. The largest absolute Gasteiger partial charge is 0.327 e. The van der Waals surface area contributed by atoms with Gasteiger partial charge in [0.1, 0.15) is 5.82 Å². The van der Waals surface area contributed by atoms with Gasteiger partial charge >= 0.3 is 0 Å². The summed E-state index contributed by atoms with van der Waals surface area (Å²) in [5.41, 5.74) is 2.33. The molecule has 2 aromatic heterocycles. The van der Waals surface area contributed by atoms with E-state index in [9.17, 15) is 0 Å². The molecule has 1 aromatic carbocycles. The summed E-state index contributed by atoms with van der Waals surface area (Å²) in [4.78, 5) is 8.46. The number of benzene rings is 1. The molecule has 0 fully saturated rings. The van der Waals surface area contributed by atoms with Crippen molar-refractivity contribution in [2.24, 2.45) is 0 Å². The molecule has 2 heterocycles. The summed E-state index contributed by atoms with van der Waals surface area (Å²) in [6.07, 6.45) is 7.40. The van der Waals surface area contributed by atoms with E-state index < -0.39 is 0 Å². The number of aromatic nitrogens is 3. The van der Waals surface area contributed by atoms with E-state index in [1.54, 1.807) is 12.4 Å². The van der Waals surface area contributed by atoms with Gasteiger partial charge in [0, 0.05) is 41.4 Å². The van der Waals surface area contributed by atoms with Crippen molar-refractivity contribution < 1.29 is 0 Å². The Kier molecular flexibility index (Phi) is 3.42. The first kappa shape index (κ1) is 12.1. The van der Waals surface area contributed by atoms with E-state index in [4.69, 9.17) is 0 Å². The second kappa shape index (κ2) is 5.36. The molecule has 0 radical (unpaired) electrons. The van der Waals surface area contributed by atoms with Gasteiger partial charge in [0.05, 0.1) is 0 Å². The highest BCUT2D eigenvalue weighted by Gasteiger charge is 2.05. The van der Waals surface area contributed by atoms with Crippen LogP contribution < -0.4 is 0 Å². The van der Waals surface area contributed by atoms with Crippen LogP contribution in [-0.2, 0) is 6.54 Å². The molecule has 3 rings (SSSR count). The van der Waals surface area contributed by atoms with Crippen molar-refractivity contribution in [3.63, 3.8) is 0 Å². The van der Waals surface area contributed by atoms with Crippen molar-refractivity contribution in [1.82, 2.24) is 14.5 Å². The first-order valence-electron chi connectivity index (χ1n) is 5.99. The van der Waals surface area contributed by atoms with Crippen LogP contribution in [0, 0.1) is 0 Å². The smallest absolute Gasteiger partial charge is 0.140 e. The summed E-state index contributed by atoms with van der Waals surface area (Å²) in [6.45, 7) is 0.810. The van der Waals surface area contributed by atoms with Crippen molar-refractivity contribution in [3.05, 3.63) is 71.2 Å². The third-order valence-electron chi connectivity index (χ3n) is 2.92. The maximum absolute atomic E-state index is 4.43. The maximum atomic E-state index is 4.43. The molecular formula is C15H12BrN3. The SMILES string of the molecule is Brc1ccc(Cn2ccnc2-c2ccncc2)cc1. The van der Waals surface area contributed by atoms with Gasteiger partial charge in [0.2, 0.25) is 0 Å². The lowest BCUT2D eigenvalue weighted by molar-refractivity contribution is 0.806. The topological polar surface area (TPSA) is 30.7 Å². The minimum absolute atomic E-state index is 0.810. The monoisotopic (exact) mass is 313 g/mol. The Balaban J connectivity index is 1.91. The van der Waals surface area contributed by atoms with E-state index in [1.807, 2.05) is 24.5 Å². The average Bonchev–Trinajstić information content (AvgIpc) is 2.90. The molecule has 3 aromatic rings. The number of halogens is 1. The van der Waals surface area contributed by atoms with Crippen molar-refractivity contribution in [2.45, 2.75) is 6.54 Å². The van der Waals surface area contributed by atoms with Crippen LogP contribution in [0.15, 0.2) is 65.7 Å². The minimum atomic E-state index is 0.810. The molecule has 4 heteroatoms. The van der Waals surface area contributed by atoms with Gasteiger partial charge < -0.3 is 4.57 Å². The zero-order chi connectivity index (χ0) is 13.1. The normalized spacial score (nSPS) is 10.6. The molecule has 0 aliphatic rings. The fourth-order valence-electron chi connectivity index (χ4n) is 1.98. The number of rotatable bonds is 3. The zero-order valence-electron chi connectivity index (χ0n) is 10.2. The lowest BCUT2D eigenvalue weighted by atomic mass is 10.2. The van der Waals surface area contributed by atoms with Gasteiger partial charge in [-0.25, -0.2) is 4.98 Å². The molecular weight excluding hydrogens is 302 g/mol. The molecule has 94 valence electrons. The Labute approximate surface area is 120 Å². The predicted molar refractivity (Wildman–Crippen MR) is 78.7 cm³/mol. The van der Waals surface area contributed by atoms with Gasteiger partial charge in [-0.3, -0.25) is 4.98 Å². The summed E-state index contributed by atoms with van der Waals surface area (Å²) in [5.74, 6) is 0.963. The highest BCUT2D eigenvalue weighted by atomic mass is 79.9. The second-order valence-electron chi connectivity index (χ2n) is 4.24. The average molecular weight is 314 g/mol. The molecule has 3 nitrogen and oxygen atoms in total. The van der Waals surface area contributed by atoms with Crippen LogP contribution in [0.1, 0.15) is 5.56 Å². The first-order valence-corrected chi connectivity index (χ1v) is 6.78. The molecule has 0 atom stereocenters. The molecule has 0 bridgehead atoms. The fraction of sp³-hybridized carbons (Fsp3) is 0.0667. The summed E-state index contributed by atoms with van der Waals surface area (Å²) >= 11 is 3.45. The number of imidazole rings is 1. The van der Waals surface area contributed by atoms with Crippen LogP contribution in [0.5, 0.6) is 0 Å². The van der Waals surface area contributed by atoms with Crippen molar-refractivity contribution in [2.75, 3.05) is 0 Å². The molecule has 0 N–H and O–H groups in total. The van der Waals surface area contributed by atoms with Gasteiger partial charge in [-0.05, 0) is 29.8 Å². The van der Waals surface area contributed by atoms with E-state index in [-0.39, 0.29) is 0 Å². The second-order valence-corrected chi connectivity index (χ2v) is 5.16. The number of pyridine rings is 1. The minimum Gasteiger partial charge on any atom is -0.327 e. The predicted octanol–water partition coefficient (Wildman–Crippen LogP) is 3.76. The Morgan fingerprint density at radius 3 is 2.42 bits per heavy atom. The van der Waals surface area contributed by atoms with Crippen LogP contribution in [0.2, 0.25) is 0 Å². The highest BCUT2D eigenvalue weighted by molar-refractivity contribution is 9.10. The molecule has 0 unspecified atom stereocenters. The third kappa shape index (κ3) is 2.74. The Bertz CT molecular complexity index is 659. The summed E-state index contributed by atoms with van der Waals surface area (Å²) in [5, 5.41) is 0. The number of nitrogens with zero attached hydrogens (tertiary/aromatic N) is 3. The van der Waals surface area contributed by atoms with E-state index in [2.05, 4.69) is 54.7 Å². The molecule has 0 spiro atoms. The fourth-order valence-corrected chi connectivity index (χ4v) is 2.25. The lowest BCUT2D eigenvalue weighted by Gasteiger charge is -2.08. The molecule has 0 amide bonds. The molecule has 0 aliphatic carbocycles. The van der Waals surface area contributed by atoms with Crippen molar-refractivity contribution in [1.29, 1.82) is 0 Å². The highest BCUT2D eigenvalue weighted by Crippen LogP contribution is 2.18. The van der Waals surface area contributed by atoms with E-state index in [0.29, 0.717) is 0 Å². The molecule has 0 saturated carbocycles. The van der Waals surface area contributed by atoms with Crippen molar-refractivity contribution in [3.8, 4) is 11.4 Å². The molecule has 19 heavy (non-hydrogen) atoms. The van der Waals surface area contributed by atoms with Crippen molar-refractivity contribution >= 4 is 15.9 Å². The van der Waals surface area contributed by atoms with Crippen LogP contribution in [0.25, 0.3) is 11.4 Å². The lowest BCUT2D eigenvalue weighted by Crippen LogP contribution is -2.00. The van der Waals surface area contributed by atoms with Gasteiger partial charge in [0.25, 0.3) is 0 Å². The van der Waals surface area contributed by atoms with Gasteiger partial charge in [-0.2, -0.15) is 0 Å². The number of hydrogen-bond acceptors (Lipinski definition) is 2. The van der Waals surface area contributed by atoms with Crippen LogP contribution in [-0.4, -0.2) is 14.5 Å². The van der Waals surface area contributed by atoms with E-state index in [0.717, 1.165) is 22.4 Å². The zero-order valence-corrected chi connectivity index (χ0v) is 11.8. The molecule has 0 saturated heterocycles. The quantitative estimate of drug-likeness (QED) is 0.737. The first-order chi connectivity index (χ1) is 9.33. The van der Waals surface area contributed by atoms with Crippen LogP contribution in [0.3, 0.4) is 0 Å². The Morgan fingerprint density at radius 2 is 1.68 bits per heavy atom. The standard InChI is InChI=1S/C15H12BrN3/c16-14-3-1-12(2-4-14)11-19-10-9-18-15(19)13-5-7-17-8-6-13/h1-10H,11H2. The third-order valence-corrected chi connectivity index (χ3v) is 3.45. The van der Waals surface area contributed by atoms with E-state index >= 15 is 0 Å². The molecule has 0 aliphatic heterocycles. The summed E-state index contributed by atoms with van der Waals surface area (Å²) in [6, 6.07) is 12.3. The van der Waals surface area contributed by atoms with Crippen LogP contribution in [0.4, 0.5) is 0 Å². The Morgan fingerprint density at radius 1 is 0.947 bits per heavy atom.